The van der Waals surface area contributed by atoms with Crippen LogP contribution in [0.25, 0.3) is 0 Å². The summed E-state index contributed by atoms with van der Waals surface area (Å²) in [6.45, 7) is 0. The number of amides is 2. The van der Waals surface area contributed by atoms with Crippen molar-refractivity contribution in [3.05, 3.63) is 122 Å². The highest BCUT2D eigenvalue weighted by molar-refractivity contribution is 9.10. The Bertz CT molecular complexity index is 1730. The van der Waals surface area contributed by atoms with E-state index in [4.69, 9.17) is 27.9 Å². The van der Waals surface area contributed by atoms with Crippen molar-refractivity contribution in [2.75, 3.05) is 5.32 Å². The predicted molar refractivity (Wildman–Crippen MR) is 158 cm³/mol. The summed E-state index contributed by atoms with van der Waals surface area (Å²) in [7, 11) is 0. The lowest BCUT2D eigenvalue weighted by molar-refractivity contribution is -0.131. The lowest BCUT2D eigenvalue weighted by Gasteiger charge is -2.46. The third-order valence-electron chi connectivity index (χ3n) is 7.59. The average Bonchev–Trinajstić information content (AvgIpc) is 3.22. The van der Waals surface area contributed by atoms with Crippen LogP contribution in [-0.2, 0) is 15.0 Å². The Morgan fingerprint density at radius 2 is 1.71 bits per heavy atom. The van der Waals surface area contributed by atoms with Crippen molar-refractivity contribution in [3.8, 4) is 11.5 Å². The van der Waals surface area contributed by atoms with Gasteiger partial charge in [0.2, 0.25) is 11.8 Å². The van der Waals surface area contributed by atoms with E-state index in [1.54, 1.807) is 48.5 Å². The van der Waals surface area contributed by atoms with Crippen molar-refractivity contribution in [2.45, 2.75) is 23.8 Å². The van der Waals surface area contributed by atoms with Crippen LogP contribution in [0.15, 0.2) is 89.4 Å². The molecule has 0 aromatic heterocycles. The van der Waals surface area contributed by atoms with Crippen LogP contribution < -0.4 is 15.4 Å². The summed E-state index contributed by atoms with van der Waals surface area (Å²) in [5.41, 5.74) is 1.09. The number of nitrogens with one attached hydrogen (secondary N) is 2. The number of rotatable bonds is 5. The molecule has 0 radical (unpaired) electrons. The van der Waals surface area contributed by atoms with E-state index in [0.29, 0.717) is 42.8 Å². The number of benzene rings is 4. The van der Waals surface area contributed by atoms with E-state index in [-0.39, 0.29) is 23.8 Å². The van der Waals surface area contributed by atoms with Crippen molar-refractivity contribution in [3.63, 3.8) is 0 Å². The topological polar surface area (TPSA) is 84.5 Å². The first-order valence-electron chi connectivity index (χ1n) is 12.6. The molecule has 1 fully saturated rings. The summed E-state index contributed by atoms with van der Waals surface area (Å²) in [6, 6.07) is 20.8. The van der Waals surface area contributed by atoms with Crippen molar-refractivity contribution in [2.24, 2.45) is 0 Å². The zero-order valence-corrected chi connectivity index (χ0v) is 24.2. The Morgan fingerprint density at radius 3 is 2.44 bits per heavy atom. The van der Waals surface area contributed by atoms with Crippen LogP contribution in [0.2, 0.25) is 10.0 Å². The molecule has 3 atom stereocenters. The van der Waals surface area contributed by atoms with Crippen LogP contribution in [0.5, 0.6) is 11.5 Å². The molecule has 1 spiro atoms. The monoisotopic (exact) mass is 652 g/mol. The van der Waals surface area contributed by atoms with Crippen LogP contribution in [0.4, 0.5) is 10.1 Å². The van der Waals surface area contributed by atoms with Gasteiger partial charge < -0.3 is 15.4 Å². The minimum atomic E-state index is -1.55. The smallest absolute Gasteiger partial charge is 0.332 e. The number of hydrogen-bond donors (Lipinski definition) is 2. The van der Waals surface area contributed by atoms with E-state index >= 15 is 0 Å². The molecular formula is C31H20BrCl2FN2O4. The molecule has 206 valence electrons. The first-order chi connectivity index (χ1) is 19.7. The number of halogens is 4. The second-order valence-corrected chi connectivity index (χ2v) is 11.7. The van der Waals surface area contributed by atoms with Gasteiger partial charge in [-0.1, -0.05) is 57.3 Å². The molecule has 10 heteroatoms. The largest absolute Gasteiger partial charge is 0.457 e. The van der Waals surface area contributed by atoms with E-state index in [9.17, 15) is 18.8 Å². The van der Waals surface area contributed by atoms with E-state index in [1.807, 2.05) is 12.1 Å². The maximum atomic E-state index is 14.3. The number of piperidine rings is 1. The third-order valence-corrected chi connectivity index (χ3v) is 8.56. The predicted octanol–water partition coefficient (Wildman–Crippen LogP) is 7.89. The van der Waals surface area contributed by atoms with E-state index in [1.165, 1.54) is 24.3 Å². The van der Waals surface area contributed by atoms with Crippen molar-refractivity contribution in [1.82, 2.24) is 5.32 Å². The Hall–Kier alpha value is -3.72. The molecule has 2 aliphatic heterocycles. The van der Waals surface area contributed by atoms with Gasteiger partial charge in [-0.25, -0.2) is 0 Å². The summed E-state index contributed by atoms with van der Waals surface area (Å²) in [5.74, 6) is -0.452. The molecule has 0 saturated carbocycles. The molecule has 2 heterocycles. The molecular weight excluding hydrogens is 634 g/mol. The van der Waals surface area contributed by atoms with Gasteiger partial charge >= 0.3 is 6.04 Å². The molecule has 2 amide bonds. The van der Waals surface area contributed by atoms with Crippen LogP contribution in [-0.4, -0.2) is 17.9 Å². The maximum Gasteiger partial charge on any atom is 0.332 e. The molecule has 0 aliphatic carbocycles. The van der Waals surface area contributed by atoms with E-state index < -0.39 is 23.4 Å². The molecule has 0 bridgehead atoms. The molecule has 2 N–H and O–H groups in total. The summed E-state index contributed by atoms with van der Waals surface area (Å²) in [4.78, 5) is 38.7. The van der Waals surface area contributed by atoms with Gasteiger partial charge in [0.15, 0.2) is 0 Å². The Morgan fingerprint density at radius 1 is 0.951 bits per heavy atom. The van der Waals surface area contributed by atoms with Crippen LogP contribution in [0.1, 0.15) is 45.4 Å². The van der Waals surface area contributed by atoms with Crippen molar-refractivity contribution < 1.29 is 23.5 Å². The van der Waals surface area contributed by atoms with Crippen LogP contribution >= 0.6 is 39.1 Å². The average molecular weight is 654 g/mol. The van der Waals surface area contributed by atoms with Gasteiger partial charge in [0.1, 0.15) is 16.9 Å². The van der Waals surface area contributed by atoms with E-state index in [2.05, 4.69) is 26.6 Å². The molecule has 4 aromatic rings. The molecule has 41 heavy (non-hydrogen) atoms. The number of ether oxygens (including phenoxy) is 1. The van der Waals surface area contributed by atoms with E-state index in [0.717, 1.165) is 5.56 Å². The highest BCUT2D eigenvalue weighted by atomic mass is 79.9. The number of fused-ring (bicyclic) bond motifs is 2. The van der Waals surface area contributed by atoms with Gasteiger partial charge in [0, 0.05) is 38.1 Å². The Labute approximate surface area is 252 Å². The zero-order valence-electron chi connectivity index (χ0n) is 21.1. The zero-order chi connectivity index (χ0) is 28.9. The van der Waals surface area contributed by atoms with Crippen molar-refractivity contribution in [1.29, 1.82) is 0 Å². The minimum absolute atomic E-state index is 0.0369. The Kier molecular flexibility index (Phi) is 7.09. The molecule has 6 rings (SSSR count). The highest BCUT2D eigenvalue weighted by Gasteiger charge is 2.61. The van der Waals surface area contributed by atoms with Gasteiger partial charge in [-0.2, -0.15) is 4.39 Å². The third kappa shape index (κ3) is 4.80. The van der Waals surface area contributed by atoms with Crippen LogP contribution in [0.3, 0.4) is 0 Å². The fourth-order valence-electron chi connectivity index (χ4n) is 5.89. The van der Waals surface area contributed by atoms with Crippen LogP contribution in [0, 0.1) is 0 Å². The number of carbonyl (C=O) groups is 3. The molecule has 0 unspecified atom stereocenters. The molecule has 1 saturated heterocycles. The standard InChI is InChI=1S/C31H20BrCl2FN2O4/c32-18-6-11-26(41-21-8-4-16(5-9-21)29(35)39)22(13-18)28-31(23-10-7-20(34)14-25(23)36-30(31)40)24(15-27(38)37-28)17-2-1-3-19(33)12-17/h1-14,24,28H,15H2,(H,36,40)(H,37,38)/t24-,28+,31-/m0/s1. The van der Waals surface area contributed by atoms with Gasteiger partial charge in [-0.3, -0.25) is 14.4 Å². The van der Waals surface area contributed by atoms with Gasteiger partial charge in [0.25, 0.3) is 0 Å². The summed E-state index contributed by atoms with van der Waals surface area (Å²) in [6.07, 6.45) is 0.0369. The molecule has 6 nitrogen and oxygen atoms in total. The summed E-state index contributed by atoms with van der Waals surface area (Å²) < 4.78 is 20.1. The second-order valence-electron chi connectivity index (χ2n) is 9.91. The number of anilines is 1. The van der Waals surface area contributed by atoms with Crippen molar-refractivity contribution >= 4 is 62.7 Å². The fourth-order valence-corrected chi connectivity index (χ4v) is 6.64. The lowest BCUT2D eigenvalue weighted by Crippen LogP contribution is -2.56. The summed E-state index contributed by atoms with van der Waals surface area (Å²) >= 11 is 16.2. The highest BCUT2D eigenvalue weighted by Crippen LogP contribution is 2.58. The second kappa shape index (κ2) is 10.6. The first kappa shape index (κ1) is 27.4. The normalized spacial score (nSPS) is 21.3. The first-order valence-corrected chi connectivity index (χ1v) is 14.1. The lowest BCUT2D eigenvalue weighted by atomic mass is 9.59. The number of carbonyl (C=O) groups excluding carboxylic acids is 3. The molecule has 2 aliphatic rings. The minimum Gasteiger partial charge on any atom is -0.457 e. The summed E-state index contributed by atoms with van der Waals surface area (Å²) in [5, 5.41) is 7.02. The van der Waals surface area contributed by atoms with Gasteiger partial charge in [-0.15, -0.1) is 0 Å². The van der Waals surface area contributed by atoms with Gasteiger partial charge in [0.05, 0.1) is 11.6 Å². The van der Waals surface area contributed by atoms with Gasteiger partial charge in [-0.05, 0) is 77.9 Å². The fraction of sp³-hybridized carbons (Fsp3) is 0.129. The Balaban J connectivity index is 1.56. The quantitative estimate of drug-likeness (QED) is 0.215. The molecule has 4 aromatic carbocycles. The maximum absolute atomic E-state index is 14.3. The SMILES string of the molecule is O=C1C[C@@H](c2cccc(Cl)c2)[C@]2(C(=O)Nc3cc(Cl)ccc32)[C@@H](c2cc(Br)ccc2Oc2ccc(C(=O)F)cc2)N1. The number of hydrogen-bond acceptors (Lipinski definition) is 4.